The molecule has 1 N–H and O–H groups in total. The largest absolute Gasteiger partial charge is 0.484 e. The second kappa shape index (κ2) is 5.16. The molecule has 0 radical (unpaired) electrons. The maximum Gasteiger partial charge on any atom is 0.134 e. The van der Waals surface area contributed by atoms with E-state index < -0.39 is 0 Å². The van der Waals surface area contributed by atoms with Gasteiger partial charge in [-0.1, -0.05) is 12.1 Å². The first kappa shape index (κ1) is 11.8. The van der Waals surface area contributed by atoms with Crippen LogP contribution in [0.1, 0.15) is 23.8 Å². The number of furan rings is 1. The lowest BCUT2D eigenvalue weighted by Crippen LogP contribution is -2.14. The molecular formula is C14H14BrNO2. The molecule has 2 heterocycles. The summed E-state index contributed by atoms with van der Waals surface area (Å²) >= 11 is 3.51. The van der Waals surface area contributed by atoms with Crippen LogP contribution in [0.4, 0.5) is 0 Å². The van der Waals surface area contributed by atoms with E-state index in [1.54, 1.807) is 6.26 Å². The van der Waals surface area contributed by atoms with Gasteiger partial charge in [-0.05, 0) is 40.7 Å². The minimum absolute atomic E-state index is 0.0486. The predicted molar refractivity (Wildman–Crippen MR) is 72.5 cm³/mol. The molecule has 0 aliphatic carbocycles. The van der Waals surface area contributed by atoms with Gasteiger partial charge in [0.25, 0.3) is 0 Å². The number of nitrogens with one attached hydrogen (secondary N) is 1. The van der Waals surface area contributed by atoms with Crippen LogP contribution in [0.2, 0.25) is 0 Å². The Morgan fingerprint density at radius 3 is 3.06 bits per heavy atom. The van der Waals surface area contributed by atoms with Crippen molar-refractivity contribution in [1.82, 2.24) is 5.32 Å². The summed E-state index contributed by atoms with van der Waals surface area (Å²) in [5, 5.41) is 3.33. The SMILES string of the molecule is Brc1ccccc1OC1CCNCc2occc21. The fourth-order valence-electron chi connectivity index (χ4n) is 2.19. The third-order valence-corrected chi connectivity index (χ3v) is 3.76. The van der Waals surface area contributed by atoms with Gasteiger partial charge < -0.3 is 14.5 Å². The van der Waals surface area contributed by atoms with Crippen molar-refractivity contribution in [2.75, 3.05) is 6.54 Å². The van der Waals surface area contributed by atoms with Gasteiger partial charge in [0.1, 0.15) is 17.6 Å². The van der Waals surface area contributed by atoms with Crippen molar-refractivity contribution in [1.29, 1.82) is 0 Å². The molecule has 1 atom stereocenters. The third kappa shape index (κ3) is 2.31. The Bertz CT molecular complexity index is 538. The molecule has 1 aromatic heterocycles. The molecule has 1 aliphatic rings. The summed E-state index contributed by atoms with van der Waals surface area (Å²) in [7, 11) is 0. The summed E-state index contributed by atoms with van der Waals surface area (Å²) < 4.78 is 12.6. The van der Waals surface area contributed by atoms with Gasteiger partial charge in [-0.25, -0.2) is 0 Å². The number of hydrogen-bond acceptors (Lipinski definition) is 3. The molecule has 1 aliphatic heterocycles. The molecular weight excluding hydrogens is 294 g/mol. The van der Waals surface area contributed by atoms with Crippen molar-refractivity contribution in [2.45, 2.75) is 19.1 Å². The fourth-order valence-corrected chi connectivity index (χ4v) is 2.57. The quantitative estimate of drug-likeness (QED) is 0.919. The molecule has 2 aromatic rings. The molecule has 0 saturated carbocycles. The summed E-state index contributed by atoms with van der Waals surface area (Å²) in [6.45, 7) is 1.71. The average Bonchev–Trinajstić information content (AvgIpc) is 2.76. The predicted octanol–water partition coefficient (Wildman–Crippen LogP) is 3.66. The molecule has 0 amide bonds. The molecule has 0 bridgehead atoms. The lowest BCUT2D eigenvalue weighted by molar-refractivity contribution is 0.195. The fraction of sp³-hybridized carbons (Fsp3) is 0.286. The van der Waals surface area contributed by atoms with Crippen molar-refractivity contribution in [3.8, 4) is 5.75 Å². The molecule has 18 heavy (non-hydrogen) atoms. The van der Waals surface area contributed by atoms with E-state index in [0.717, 1.165) is 41.1 Å². The number of rotatable bonds is 2. The van der Waals surface area contributed by atoms with Gasteiger partial charge in [0.15, 0.2) is 0 Å². The molecule has 0 spiro atoms. The van der Waals surface area contributed by atoms with Gasteiger partial charge in [0.2, 0.25) is 0 Å². The second-order valence-corrected chi connectivity index (χ2v) is 5.16. The summed E-state index contributed by atoms with van der Waals surface area (Å²) in [4.78, 5) is 0. The third-order valence-electron chi connectivity index (χ3n) is 3.10. The van der Waals surface area contributed by atoms with E-state index >= 15 is 0 Å². The minimum atomic E-state index is 0.0486. The van der Waals surface area contributed by atoms with Crippen LogP contribution in [0.15, 0.2) is 45.5 Å². The van der Waals surface area contributed by atoms with Crippen LogP contribution in [0, 0.1) is 0 Å². The molecule has 1 unspecified atom stereocenters. The maximum atomic E-state index is 6.10. The summed E-state index contributed by atoms with van der Waals surface area (Å²) in [6, 6.07) is 9.92. The van der Waals surface area contributed by atoms with Gasteiger partial charge in [0, 0.05) is 12.0 Å². The van der Waals surface area contributed by atoms with Gasteiger partial charge >= 0.3 is 0 Å². The molecule has 0 fully saturated rings. The first-order valence-corrected chi connectivity index (χ1v) is 6.82. The monoisotopic (exact) mass is 307 g/mol. The van der Waals surface area contributed by atoms with Crippen LogP contribution in [0.25, 0.3) is 0 Å². The Kier molecular flexibility index (Phi) is 3.39. The van der Waals surface area contributed by atoms with Crippen molar-refractivity contribution >= 4 is 15.9 Å². The molecule has 3 nitrogen and oxygen atoms in total. The van der Waals surface area contributed by atoms with E-state index in [9.17, 15) is 0 Å². The Labute approximate surface area is 114 Å². The molecule has 0 saturated heterocycles. The van der Waals surface area contributed by atoms with E-state index in [1.807, 2.05) is 30.3 Å². The Morgan fingerprint density at radius 1 is 1.28 bits per heavy atom. The molecule has 94 valence electrons. The highest BCUT2D eigenvalue weighted by atomic mass is 79.9. The van der Waals surface area contributed by atoms with Crippen LogP contribution >= 0.6 is 15.9 Å². The number of benzene rings is 1. The topological polar surface area (TPSA) is 34.4 Å². The number of ether oxygens (including phenoxy) is 1. The van der Waals surface area contributed by atoms with Gasteiger partial charge in [-0.2, -0.15) is 0 Å². The van der Waals surface area contributed by atoms with Crippen LogP contribution in [0.3, 0.4) is 0 Å². The number of hydrogen-bond donors (Lipinski definition) is 1. The zero-order valence-electron chi connectivity index (χ0n) is 9.86. The summed E-state index contributed by atoms with van der Waals surface area (Å²) in [5.41, 5.74) is 1.15. The standard InChI is InChI=1S/C14H14BrNO2/c15-11-3-1-2-4-13(11)18-12-5-7-16-9-14-10(12)6-8-17-14/h1-4,6,8,12,16H,5,7,9H2. The molecule has 3 rings (SSSR count). The van der Waals surface area contributed by atoms with Crippen molar-refractivity contribution in [3.63, 3.8) is 0 Å². The van der Waals surface area contributed by atoms with E-state index in [-0.39, 0.29) is 6.10 Å². The Balaban J connectivity index is 1.87. The summed E-state index contributed by atoms with van der Waals surface area (Å²) in [6.07, 6.45) is 2.72. The average molecular weight is 308 g/mol. The summed E-state index contributed by atoms with van der Waals surface area (Å²) in [5.74, 6) is 1.85. The van der Waals surface area contributed by atoms with E-state index in [0.29, 0.717) is 0 Å². The van der Waals surface area contributed by atoms with E-state index in [2.05, 4.69) is 21.2 Å². The normalized spacial score (nSPS) is 19.1. The highest BCUT2D eigenvalue weighted by molar-refractivity contribution is 9.10. The first-order valence-electron chi connectivity index (χ1n) is 6.03. The van der Waals surface area contributed by atoms with Gasteiger partial charge in [0.05, 0.1) is 17.3 Å². The van der Waals surface area contributed by atoms with E-state index in [4.69, 9.17) is 9.15 Å². The number of halogens is 1. The number of fused-ring (bicyclic) bond motifs is 1. The van der Waals surface area contributed by atoms with Gasteiger partial charge in [-0.3, -0.25) is 0 Å². The lowest BCUT2D eigenvalue weighted by Gasteiger charge is -2.18. The van der Waals surface area contributed by atoms with Crippen LogP contribution in [-0.4, -0.2) is 6.54 Å². The highest BCUT2D eigenvalue weighted by Crippen LogP contribution is 2.33. The molecule has 4 heteroatoms. The second-order valence-electron chi connectivity index (χ2n) is 4.30. The van der Waals surface area contributed by atoms with E-state index in [1.165, 1.54) is 0 Å². The van der Waals surface area contributed by atoms with Gasteiger partial charge in [-0.15, -0.1) is 0 Å². The zero-order chi connectivity index (χ0) is 12.4. The van der Waals surface area contributed by atoms with Crippen molar-refractivity contribution in [2.24, 2.45) is 0 Å². The first-order chi connectivity index (χ1) is 8.84. The minimum Gasteiger partial charge on any atom is -0.484 e. The maximum absolute atomic E-state index is 6.10. The van der Waals surface area contributed by atoms with Crippen molar-refractivity contribution < 1.29 is 9.15 Å². The smallest absolute Gasteiger partial charge is 0.134 e. The van der Waals surface area contributed by atoms with Crippen molar-refractivity contribution in [3.05, 3.63) is 52.4 Å². The molecule has 1 aromatic carbocycles. The highest BCUT2D eigenvalue weighted by Gasteiger charge is 2.22. The zero-order valence-corrected chi connectivity index (χ0v) is 11.4. The van der Waals surface area contributed by atoms with Crippen LogP contribution < -0.4 is 10.1 Å². The van der Waals surface area contributed by atoms with Crippen LogP contribution in [0.5, 0.6) is 5.75 Å². The Hall–Kier alpha value is -1.26. The Morgan fingerprint density at radius 2 is 2.17 bits per heavy atom. The van der Waals surface area contributed by atoms with Crippen LogP contribution in [-0.2, 0) is 6.54 Å². The lowest BCUT2D eigenvalue weighted by atomic mass is 10.1. The number of para-hydroxylation sites is 1.